The van der Waals surface area contributed by atoms with Gasteiger partial charge in [0, 0.05) is 5.54 Å². The Balaban J connectivity index is 1.86. The summed E-state index contributed by atoms with van der Waals surface area (Å²) in [5.41, 5.74) is 10.0. The van der Waals surface area contributed by atoms with E-state index in [9.17, 15) is 0 Å². The van der Waals surface area contributed by atoms with E-state index in [-0.39, 0.29) is 5.54 Å². The maximum absolute atomic E-state index is 6.51. The number of nitrogens with two attached hydrogens (primary N) is 1. The molecule has 1 fully saturated rings. The van der Waals surface area contributed by atoms with Crippen LogP contribution >= 0.6 is 0 Å². The molecule has 0 heterocycles. The van der Waals surface area contributed by atoms with Crippen LogP contribution < -0.4 is 5.73 Å². The van der Waals surface area contributed by atoms with Crippen molar-refractivity contribution in [3.05, 3.63) is 35.4 Å². The Morgan fingerprint density at radius 2 is 1.60 bits per heavy atom. The Bertz CT molecular complexity index is 383. The molecule has 0 amide bonds. The van der Waals surface area contributed by atoms with E-state index in [1.54, 1.807) is 0 Å². The standard InChI is InChI=1S/C14H19N/c1-13(2)9-14(13,15)12-7-10-5-3-4-6-11(10)8-12/h3-6,12H,7-9,15H2,1-2H3. The Labute approximate surface area is 91.7 Å². The van der Waals surface area contributed by atoms with Gasteiger partial charge in [0.25, 0.3) is 0 Å². The van der Waals surface area contributed by atoms with Gasteiger partial charge in [-0.1, -0.05) is 38.1 Å². The second-order valence-electron chi connectivity index (χ2n) is 5.97. The third kappa shape index (κ3) is 1.19. The molecule has 1 atom stereocenters. The molecular formula is C14H19N. The van der Waals surface area contributed by atoms with Crippen LogP contribution in [0, 0.1) is 11.3 Å². The molecule has 1 nitrogen and oxygen atoms in total. The molecule has 2 N–H and O–H groups in total. The molecule has 2 aliphatic carbocycles. The lowest BCUT2D eigenvalue weighted by molar-refractivity contribution is 0.349. The monoisotopic (exact) mass is 201 g/mol. The summed E-state index contributed by atoms with van der Waals surface area (Å²) >= 11 is 0. The van der Waals surface area contributed by atoms with Gasteiger partial charge in [-0.3, -0.25) is 0 Å². The number of rotatable bonds is 1. The van der Waals surface area contributed by atoms with Gasteiger partial charge < -0.3 is 5.73 Å². The molecule has 1 unspecified atom stereocenters. The van der Waals surface area contributed by atoms with E-state index in [2.05, 4.69) is 38.1 Å². The van der Waals surface area contributed by atoms with Gasteiger partial charge in [-0.15, -0.1) is 0 Å². The van der Waals surface area contributed by atoms with E-state index < -0.39 is 0 Å². The molecule has 80 valence electrons. The first-order valence-corrected chi connectivity index (χ1v) is 5.89. The number of hydrogen-bond donors (Lipinski definition) is 1. The van der Waals surface area contributed by atoms with Crippen molar-refractivity contribution in [1.29, 1.82) is 0 Å². The average molecular weight is 201 g/mol. The van der Waals surface area contributed by atoms with Gasteiger partial charge in [0.15, 0.2) is 0 Å². The van der Waals surface area contributed by atoms with Crippen molar-refractivity contribution in [2.24, 2.45) is 17.1 Å². The van der Waals surface area contributed by atoms with Crippen LogP contribution in [-0.2, 0) is 12.8 Å². The Morgan fingerprint density at radius 1 is 1.13 bits per heavy atom. The first-order chi connectivity index (χ1) is 7.03. The first kappa shape index (κ1) is 9.41. The van der Waals surface area contributed by atoms with Crippen LogP contribution in [-0.4, -0.2) is 5.54 Å². The SMILES string of the molecule is CC1(C)CC1(N)C1Cc2ccccc2C1. The van der Waals surface area contributed by atoms with Crippen LogP contribution in [0.5, 0.6) is 0 Å². The van der Waals surface area contributed by atoms with Crippen LogP contribution in [0.1, 0.15) is 31.4 Å². The fourth-order valence-electron chi connectivity index (χ4n) is 3.31. The largest absolute Gasteiger partial charge is 0.324 e. The fourth-order valence-corrected chi connectivity index (χ4v) is 3.31. The van der Waals surface area contributed by atoms with Gasteiger partial charge in [-0.05, 0) is 41.7 Å². The van der Waals surface area contributed by atoms with Gasteiger partial charge in [0.2, 0.25) is 0 Å². The van der Waals surface area contributed by atoms with E-state index in [1.165, 1.54) is 30.4 Å². The molecule has 1 aromatic rings. The normalized spacial score (nSPS) is 32.7. The molecule has 0 bridgehead atoms. The van der Waals surface area contributed by atoms with Gasteiger partial charge in [-0.25, -0.2) is 0 Å². The molecule has 0 radical (unpaired) electrons. The van der Waals surface area contributed by atoms with Gasteiger partial charge in [0.1, 0.15) is 0 Å². The second-order valence-corrected chi connectivity index (χ2v) is 5.97. The van der Waals surface area contributed by atoms with Gasteiger partial charge >= 0.3 is 0 Å². The third-order valence-corrected chi connectivity index (χ3v) is 4.65. The molecule has 1 saturated carbocycles. The van der Waals surface area contributed by atoms with Crippen LogP contribution in [0.3, 0.4) is 0 Å². The van der Waals surface area contributed by atoms with Gasteiger partial charge in [0.05, 0.1) is 0 Å². The van der Waals surface area contributed by atoms with Crippen molar-refractivity contribution in [2.75, 3.05) is 0 Å². The lowest BCUT2D eigenvalue weighted by Crippen LogP contribution is -2.37. The smallest absolute Gasteiger partial charge is 0.0247 e. The van der Waals surface area contributed by atoms with Crippen LogP contribution in [0.2, 0.25) is 0 Å². The zero-order valence-corrected chi connectivity index (χ0v) is 9.59. The lowest BCUT2D eigenvalue weighted by atomic mass is 9.89. The summed E-state index contributed by atoms with van der Waals surface area (Å²) in [5.74, 6) is 0.671. The molecule has 1 aromatic carbocycles. The van der Waals surface area contributed by atoms with Crippen molar-refractivity contribution >= 4 is 0 Å². The number of fused-ring (bicyclic) bond motifs is 1. The van der Waals surface area contributed by atoms with Crippen molar-refractivity contribution in [1.82, 2.24) is 0 Å². The van der Waals surface area contributed by atoms with Crippen molar-refractivity contribution in [3.63, 3.8) is 0 Å². The van der Waals surface area contributed by atoms with E-state index >= 15 is 0 Å². The molecule has 2 aliphatic rings. The minimum atomic E-state index is 0.103. The molecule has 0 aliphatic heterocycles. The molecule has 15 heavy (non-hydrogen) atoms. The Morgan fingerprint density at radius 3 is 2.00 bits per heavy atom. The fraction of sp³-hybridized carbons (Fsp3) is 0.571. The highest BCUT2D eigenvalue weighted by atomic mass is 14.9. The molecule has 0 saturated heterocycles. The topological polar surface area (TPSA) is 26.0 Å². The minimum Gasteiger partial charge on any atom is -0.324 e. The third-order valence-electron chi connectivity index (χ3n) is 4.65. The molecule has 0 spiro atoms. The highest BCUT2D eigenvalue weighted by Gasteiger charge is 2.62. The first-order valence-electron chi connectivity index (χ1n) is 5.89. The van der Waals surface area contributed by atoms with Crippen LogP contribution in [0.15, 0.2) is 24.3 Å². The summed E-state index contributed by atoms with van der Waals surface area (Å²) in [6.07, 6.45) is 3.57. The summed E-state index contributed by atoms with van der Waals surface area (Å²) < 4.78 is 0. The van der Waals surface area contributed by atoms with Crippen LogP contribution in [0.4, 0.5) is 0 Å². The highest BCUT2D eigenvalue weighted by molar-refractivity contribution is 5.36. The van der Waals surface area contributed by atoms with E-state index in [0.717, 1.165) is 0 Å². The maximum Gasteiger partial charge on any atom is 0.0247 e. The zero-order valence-electron chi connectivity index (χ0n) is 9.59. The average Bonchev–Trinajstić information content (AvgIpc) is 2.61. The van der Waals surface area contributed by atoms with Gasteiger partial charge in [-0.2, -0.15) is 0 Å². The zero-order chi connectivity index (χ0) is 10.7. The summed E-state index contributed by atoms with van der Waals surface area (Å²) in [7, 11) is 0. The summed E-state index contributed by atoms with van der Waals surface area (Å²) in [5, 5.41) is 0. The summed E-state index contributed by atoms with van der Waals surface area (Å²) in [4.78, 5) is 0. The second kappa shape index (κ2) is 2.65. The van der Waals surface area contributed by atoms with E-state index in [0.29, 0.717) is 11.3 Å². The predicted molar refractivity (Wildman–Crippen MR) is 62.7 cm³/mol. The van der Waals surface area contributed by atoms with Crippen molar-refractivity contribution in [2.45, 2.75) is 38.6 Å². The maximum atomic E-state index is 6.51. The number of hydrogen-bond acceptors (Lipinski definition) is 1. The predicted octanol–water partition coefficient (Wildman–Crippen LogP) is 2.53. The summed E-state index contributed by atoms with van der Waals surface area (Å²) in [6.45, 7) is 4.60. The Hall–Kier alpha value is -0.820. The molecular weight excluding hydrogens is 182 g/mol. The summed E-state index contributed by atoms with van der Waals surface area (Å²) in [6, 6.07) is 8.80. The molecule has 0 aromatic heterocycles. The number of benzene rings is 1. The minimum absolute atomic E-state index is 0.103. The quantitative estimate of drug-likeness (QED) is 0.742. The molecule has 3 rings (SSSR count). The van der Waals surface area contributed by atoms with E-state index in [4.69, 9.17) is 5.73 Å². The highest BCUT2D eigenvalue weighted by Crippen LogP contribution is 2.60. The Kier molecular flexibility index (Phi) is 1.66. The lowest BCUT2D eigenvalue weighted by Gasteiger charge is -2.22. The molecule has 1 heteroatoms. The van der Waals surface area contributed by atoms with Crippen LogP contribution in [0.25, 0.3) is 0 Å². The van der Waals surface area contributed by atoms with Crippen molar-refractivity contribution < 1.29 is 0 Å². The van der Waals surface area contributed by atoms with Crippen molar-refractivity contribution in [3.8, 4) is 0 Å². The van der Waals surface area contributed by atoms with E-state index in [1.807, 2.05) is 0 Å².